The van der Waals surface area contributed by atoms with Crippen LogP contribution in [0.5, 0.6) is 0 Å². The predicted molar refractivity (Wildman–Crippen MR) is 252 cm³/mol. The molecule has 1 unspecified atom stereocenters. The van der Waals surface area contributed by atoms with Gasteiger partial charge < -0.3 is 34.8 Å². The number of amides is 6. The highest BCUT2D eigenvalue weighted by atomic mass is 19.4. The minimum absolute atomic E-state index is 0.0146. The van der Waals surface area contributed by atoms with E-state index >= 15 is 4.39 Å². The van der Waals surface area contributed by atoms with E-state index in [2.05, 4.69) is 30.8 Å². The molecule has 72 heavy (non-hydrogen) atoms. The van der Waals surface area contributed by atoms with Crippen LogP contribution >= 0.6 is 0 Å². The zero-order valence-electron chi connectivity index (χ0n) is 39.7. The summed E-state index contributed by atoms with van der Waals surface area (Å²) in [6.07, 6.45) is -1.99. The van der Waals surface area contributed by atoms with E-state index in [4.69, 9.17) is 9.47 Å². The topological polar surface area (TPSA) is 199 Å². The second-order valence-corrected chi connectivity index (χ2v) is 18.0. The van der Waals surface area contributed by atoms with Gasteiger partial charge in [-0.2, -0.15) is 13.2 Å². The lowest BCUT2D eigenvalue weighted by molar-refractivity contribution is -0.138. The van der Waals surface area contributed by atoms with Crippen molar-refractivity contribution in [3.05, 3.63) is 94.8 Å². The summed E-state index contributed by atoms with van der Waals surface area (Å²) >= 11 is 0. The first-order chi connectivity index (χ1) is 34.4. The fraction of sp³-hybridized carbons (Fsp3) is 0.429. The van der Waals surface area contributed by atoms with Crippen LogP contribution in [0.25, 0.3) is 11.1 Å². The number of ether oxygens (including phenoxy) is 2. The largest absolute Gasteiger partial charge is 0.417 e. The number of aromatic nitrogens is 2. The molecule has 0 spiro atoms. The summed E-state index contributed by atoms with van der Waals surface area (Å²) in [5.74, 6) is -5.11. The average molecular weight is 1010 g/mol. The molecule has 23 heteroatoms. The molecular formula is C49H53F5N10O8. The lowest BCUT2D eigenvalue weighted by Crippen LogP contribution is -2.55. The van der Waals surface area contributed by atoms with Crippen molar-refractivity contribution in [2.45, 2.75) is 57.4 Å². The standard InChI is InChI=1S/C49H53F5N10O8/c1-28-26-63(27-29(2)60(28)3)40-23-36(51)34(22-38(40)58-44(67)32-8-7-31(50)21-35(32)49(52,53)54)30-24-56-48(57-25-30)62-15-13-61(14-16-62)42(66)11-17-71-19-20-72-18-12-55-37-6-4-5-33-43(37)47(70)64(46(33)69)39-9-10-41(65)59-45(39)68/h4-8,21-25,28-29,39,55H,9-20,26-27H2,1-3H3,(H,58,67)(H,59,65,68)/t28-,29+,39?. The number of alkyl halides is 3. The van der Waals surface area contributed by atoms with E-state index in [1.165, 1.54) is 30.6 Å². The number of anilines is 4. The van der Waals surface area contributed by atoms with Gasteiger partial charge in [0.05, 0.1) is 66.5 Å². The van der Waals surface area contributed by atoms with E-state index in [-0.39, 0.29) is 103 Å². The van der Waals surface area contributed by atoms with Crippen molar-refractivity contribution in [3.63, 3.8) is 0 Å². The van der Waals surface area contributed by atoms with Crippen LogP contribution < -0.4 is 25.8 Å². The molecule has 5 heterocycles. The Labute approximate surface area is 410 Å². The van der Waals surface area contributed by atoms with Crippen LogP contribution in [-0.2, 0) is 30.0 Å². The Kier molecular flexibility index (Phi) is 15.5. The Bertz CT molecular complexity index is 2730. The summed E-state index contributed by atoms with van der Waals surface area (Å²) in [5.41, 5.74) is -0.993. The first-order valence-electron chi connectivity index (χ1n) is 23.5. The number of benzene rings is 3. The lowest BCUT2D eigenvalue weighted by Gasteiger charge is -2.44. The van der Waals surface area contributed by atoms with Crippen LogP contribution in [0.15, 0.2) is 60.9 Å². The summed E-state index contributed by atoms with van der Waals surface area (Å²) in [6.45, 7) is 7.56. The number of likely N-dealkylation sites (N-methyl/N-ethyl adjacent to an activating group) is 1. The fourth-order valence-corrected chi connectivity index (χ4v) is 9.22. The molecule has 3 atom stereocenters. The first kappa shape index (κ1) is 51.3. The fourth-order valence-electron chi connectivity index (χ4n) is 9.22. The number of rotatable bonds is 16. The SMILES string of the molecule is C[C@@H]1CN(c2cc(F)c(-c3cnc(N4CCN(C(=O)CCOCCOCCNc5cccc6c5C(=O)N(C5CCC(=O)NC5=O)C6=O)CC4)nc3)cc2NC(=O)c2ccc(F)cc2C(F)(F)F)C[C@H](C)N1C. The van der Waals surface area contributed by atoms with E-state index < -0.39 is 64.5 Å². The highest BCUT2D eigenvalue weighted by Crippen LogP contribution is 2.38. The summed E-state index contributed by atoms with van der Waals surface area (Å²) < 4.78 is 83.1. The van der Waals surface area contributed by atoms with Crippen LogP contribution in [0, 0.1) is 11.6 Å². The summed E-state index contributed by atoms with van der Waals surface area (Å²) in [5, 5.41) is 7.84. The number of piperidine rings is 1. The molecule has 18 nitrogen and oxygen atoms in total. The minimum Gasteiger partial charge on any atom is -0.382 e. The molecule has 1 aromatic heterocycles. The molecule has 8 rings (SSSR count). The molecule has 3 N–H and O–H groups in total. The molecular weight excluding hydrogens is 952 g/mol. The van der Waals surface area contributed by atoms with Crippen LogP contribution in [0.4, 0.5) is 45.0 Å². The highest BCUT2D eigenvalue weighted by Gasteiger charge is 2.46. The minimum atomic E-state index is -5.02. The van der Waals surface area contributed by atoms with E-state index in [1.54, 1.807) is 17.0 Å². The summed E-state index contributed by atoms with van der Waals surface area (Å²) in [4.78, 5) is 94.3. The summed E-state index contributed by atoms with van der Waals surface area (Å²) in [7, 11) is 1.96. The van der Waals surface area contributed by atoms with Crippen LogP contribution in [0.2, 0.25) is 0 Å². The molecule has 3 fully saturated rings. The van der Waals surface area contributed by atoms with E-state index in [9.17, 15) is 46.3 Å². The Morgan fingerprint density at radius 2 is 1.51 bits per heavy atom. The number of piperazine rings is 2. The smallest absolute Gasteiger partial charge is 0.382 e. The van der Waals surface area contributed by atoms with Crippen LogP contribution in [0.1, 0.15) is 69.7 Å². The van der Waals surface area contributed by atoms with E-state index in [0.717, 1.165) is 17.0 Å². The van der Waals surface area contributed by atoms with Gasteiger partial charge in [-0.15, -0.1) is 0 Å². The average Bonchev–Trinajstić information content (AvgIpc) is 3.61. The van der Waals surface area contributed by atoms with Crippen molar-refractivity contribution in [1.29, 1.82) is 0 Å². The molecule has 6 amide bonds. The maximum atomic E-state index is 16.1. The van der Waals surface area contributed by atoms with Crippen molar-refractivity contribution >= 4 is 58.5 Å². The third-order valence-electron chi connectivity index (χ3n) is 13.3. The quantitative estimate of drug-likeness (QED) is 0.0786. The van der Waals surface area contributed by atoms with E-state index in [1.807, 2.05) is 30.7 Å². The third-order valence-corrected chi connectivity index (χ3v) is 13.3. The van der Waals surface area contributed by atoms with Crippen molar-refractivity contribution in [2.24, 2.45) is 0 Å². The van der Waals surface area contributed by atoms with Gasteiger partial charge in [0, 0.05) is 93.5 Å². The number of hydrogen-bond acceptors (Lipinski definition) is 14. The molecule has 0 bridgehead atoms. The number of carbonyl (C=O) groups is 6. The van der Waals surface area contributed by atoms with Crippen LogP contribution in [-0.4, -0.2) is 158 Å². The highest BCUT2D eigenvalue weighted by molar-refractivity contribution is 6.25. The monoisotopic (exact) mass is 1000 g/mol. The second-order valence-electron chi connectivity index (χ2n) is 18.0. The maximum Gasteiger partial charge on any atom is 0.417 e. The van der Waals surface area contributed by atoms with Crippen molar-refractivity contribution in [2.75, 3.05) is 99.7 Å². The number of imide groups is 2. The van der Waals surface area contributed by atoms with Gasteiger partial charge in [0.2, 0.25) is 23.7 Å². The Morgan fingerprint density at radius 3 is 2.19 bits per heavy atom. The van der Waals surface area contributed by atoms with Gasteiger partial charge in [-0.1, -0.05) is 6.07 Å². The van der Waals surface area contributed by atoms with Crippen LogP contribution in [0.3, 0.4) is 0 Å². The van der Waals surface area contributed by atoms with Gasteiger partial charge >= 0.3 is 6.18 Å². The third kappa shape index (κ3) is 11.2. The van der Waals surface area contributed by atoms with Gasteiger partial charge in [0.25, 0.3) is 17.7 Å². The first-order valence-corrected chi connectivity index (χ1v) is 23.5. The van der Waals surface area contributed by atoms with Gasteiger partial charge in [-0.25, -0.2) is 18.7 Å². The molecule has 3 saturated heterocycles. The molecule has 0 aliphatic carbocycles. The molecule has 0 radical (unpaired) electrons. The normalized spacial score (nSPS) is 19.7. The molecule has 4 aromatic rings. The molecule has 382 valence electrons. The Balaban J connectivity index is 0.794. The van der Waals surface area contributed by atoms with Gasteiger partial charge in [0.15, 0.2) is 0 Å². The number of carbonyl (C=O) groups excluding carboxylic acids is 6. The van der Waals surface area contributed by atoms with Gasteiger partial charge in [-0.3, -0.25) is 43.9 Å². The number of hydrogen-bond donors (Lipinski definition) is 3. The van der Waals surface area contributed by atoms with Crippen molar-refractivity contribution in [3.8, 4) is 11.1 Å². The number of halogens is 5. The zero-order chi connectivity index (χ0) is 51.4. The maximum absolute atomic E-state index is 16.1. The predicted octanol–water partition coefficient (Wildman–Crippen LogP) is 4.81. The van der Waals surface area contributed by atoms with Crippen molar-refractivity contribution < 1.29 is 60.2 Å². The number of nitrogens with one attached hydrogen (secondary N) is 3. The Hall–Kier alpha value is -7.11. The number of fused-ring (bicyclic) bond motifs is 1. The Morgan fingerprint density at radius 1 is 0.819 bits per heavy atom. The zero-order valence-corrected chi connectivity index (χ0v) is 39.7. The molecule has 3 aromatic carbocycles. The number of nitrogens with zero attached hydrogens (tertiary/aromatic N) is 7. The summed E-state index contributed by atoms with van der Waals surface area (Å²) in [6, 6.07) is 8.10. The molecule has 0 saturated carbocycles. The van der Waals surface area contributed by atoms with Gasteiger partial charge in [-0.05, 0) is 69.8 Å². The molecule has 4 aliphatic heterocycles. The second kappa shape index (κ2) is 21.7. The van der Waals surface area contributed by atoms with Gasteiger partial charge in [0.1, 0.15) is 17.7 Å². The lowest BCUT2D eigenvalue weighted by atomic mass is 10.0. The molecule has 4 aliphatic rings. The van der Waals surface area contributed by atoms with E-state index in [0.29, 0.717) is 57.4 Å². The van der Waals surface area contributed by atoms with Crippen molar-refractivity contribution in [1.82, 2.24) is 30.0 Å².